The molecule has 1 aliphatic heterocycles. The summed E-state index contributed by atoms with van der Waals surface area (Å²) in [5, 5.41) is 3.47. The van der Waals surface area contributed by atoms with Crippen molar-refractivity contribution in [1.29, 1.82) is 0 Å². The van der Waals surface area contributed by atoms with Crippen molar-refractivity contribution < 1.29 is 9.53 Å². The molecule has 2 aliphatic carbocycles. The highest BCUT2D eigenvalue weighted by Gasteiger charge is 2.40. The molecule has 0 aromatic rings. The highest BCUT2D eigenvalue weighted by atomic mass is 16.5. The predicted molar refractivity (Wildman–Crippen MR) is 70.2 cm³/mol. The molecule has 102 valence electrons. The van der Waals surface area contributed by atoms with Crippen molar-refractivity contribution in [3.63, 3.8) is 0 Å². The number of nitrogens with one attached hydrogen (secondary N) is 1. The van der Waals surface area contributed by atoms with E-state index >= 15 is 0 Å². The van der Waals surface area contributed by atoms with Gasteiger partial charge in [-0.05, 0) is 43.9 Å². The van der Waals surface area contributed by atoms with Gasteiger partial charge in [-0.15, -0.1) is 0 Å². The zero-order chi connectivity index (χ0) is 12.4. The summed E-state index contributed by atoms with van der Waals surface area (Å²) in [6.45, 7) is 0.659. The van der Waals surface area contributed by atoms with E-state index < -0.39 is 0 Å². The SMILES string of the molecule is O=C(OCC1CCCCC1)C1CC2CCCC2N1. The molecule has 3 fully saturated rings. The molecule has 1 N–H and O–H groups in total. The fourth-order valence-corrected chi connectivity index (χ4v) is 3.99. The molecule has 0 bridgehead atoms. The minimum atomic E-state index is -0.0103. The minimum Gasteiger partial charge on any atom is -0.464 e. The molecule has 0 radical (unpaired) electrons. The van der Waals surface area contributed by atoms with Crippen LogP contribution >= 0.6 is 0 Å². The second-order valence-electron chi connectivity index (χ2n) is 6.39. The number of fused-ring (bicyclic) bond motifs is 1. The fraction of sp³-hybridized carbons (Fsp3) is 0.933. The van der Waals surface area contributed by atoms with Gasteiger partial charge in [0.15, 0.2) is 0 Å². The van der Waals surface area contributed by atoms with Crippen molar-refractivity contribution in [2.24, 2.45) is 11.8 Å². The van der Waals surface area contributed by atoms with Crippen LogP contribution < -0.4 is 5.32 Å². The van der Waals surface area contributed by atoms with Crippen molar-refractivity contribution in [3.8, 4) is 0 Å². The van der Waals surface area contributed by atoms with Gasteiger partial charge in [-0.1, -0.05) is 25.7 Å². The Morgan fingerprint density at radius 1 is 1.06 bits per heavy atom. The zero-order valence-electron chi connectivity index (χ0n) is 11.2. The van der Waals surface area contributed by atoms with E-state index in [1.54, 1.807) is 0 Å². The first-order valence-electron chi connectivity index (χ1n) is 7.75. The molecule has 0 aromatic carbocycles. The molecule has 3 atom stereocenters. The van der Waals surface area contributed by atoms with Crippen molar-refractivity contribution in [2.45, 2.75) is 69.9 Å². The van der Waals surface area contributed by atoms with Crippen LogP contribution in [0.3, 0.4) is 0 Å². The zero-order valence-corrected chi connectivity index (χ0v) is 11.2. The molecule has 0 amide bonds. The van der Waals surface area contributed by atoms with E-state index in [4.69, 9.17) is 4.74 Å². The summed E-state index contributed by atoms with van der Waals surface area (Å²) in [5.41, 5.74) is 0. The lowest BCUT2D eigenvalue weighted by atomic mass is 9.90. The Morgan fingerprint density at radius 3 is 2.67 bits per heavy atom. The Labute approximate surface area is 110 Å². The molecule has 1 saturated heterocycles. The van der Waals surface area contributed by atoms with Gasteiger partial charge in [-0.25, -0.2) is 0 Å². The first kappa shape index (κ1) is 12.5. The number of carbonyl (C=O) groups is 1. The highest BCUT2D eigenvalue weighted by Crippen LogP contribution is 2.35. The van der Waals surface area contributed by atoms with E-state index in [2.05, 4.69) is 5.32 Å². The Morgan fingerprint density at radius 2 is 1.89 bits per heavy atom. The molecule has 0 aromatic heterocycles. The molecule has 18 heavy (non-hydrogen) atoms. The third-order valence-electron chi connectivity index (χ3n) is 5.08. The van der Waals surface area contributed by atoms with Gasteiger partial charge in [0.2, 0.25) is 0 Å². The average molecular weight is 251 g/mol. The maximum absolute atomic E-state index is 12.0. The van der Waals surface area contributed by atoms with Gasteiger partial charge in [0.25, 0.3) is 0 Å². The Hall–Kier alpha value is -0.570. The van der Waals surface area contributed by atoms with E-state index in [-0.39, 0.29) is 12.0 Å². The molecule has 3 aliphatic rings. The lowest BCUT2D eigenvalue weighted by Crippen LogP contribution is -2.37. The standard InChI is InChI=1S/C15H25NO2/c17-15(18-10-11-5-2-1-3-6-11)14-9-12-7-4-8-13(12)16-14/h11-14,16H,1-10H2. The van der Waals surface area contributed by atoms with Gasteiger partial charge in [-0.2, -0.15) is 0 Å². The molecule has 3 nitrogen and oxygen atoms in total. The number of hydrogen-bond acceptors (Lipinski definition) is 3. The maximum Gasteiger partial charge on any atom is 0.323 e. The smallest absolute Gasteiger partial charge is 0.323 e. The molecule has 3 rings (SSSR count). The predicted octanol–water partition coefficient (Wildman–Crippen LogP) is 2.64. The summed E-state index contributed by atoms with van der Waals surface area (Å²) in [4.78, 5) is 12.0. The molecule has 2 saturated carbocycles. The third-order valence-corrected chi connectivity index (χ3v) is 5.08. The number of hydrogen-bond donors (Lipinski definition) is 1. The summed E-state index contributed by atoms with van der Waals surface area (Å²) in [6.07, 6.45) is 11.4. The second-order valence-corrected chi connectivity index (χ2v) is 6.39. The molecule has 1 heterocycles. The largest absolute Gasteiger partial charge is 0.464 e. The van der Waals surface area contributed by atoms with E-state index in [0.29, 0.717) is 18.6 Å². The lowest BCUT2D eigenvalue weighted by molar-refractivity contribution is -0.147. The number of esters is 1. The topological polar surface area (TPSA) is 38.3 Å². The lowest BCUT2D eigenvalue weighted by Gasteiger charge is -2.22. The number of ether oxygens (including phenoxy) is 1. The summed E-state index contributed by atoms with van der Waals surface area (Å²) in [5.74, 6) is 1.37. The van der Waals surface area contributed by atoms with Gasteiger partial charge in [0.1, 0.15) is 6.04 Å². The van der Waals surface area contributed by atoms with Gasteiger partial charge >= 0.3 is 5.97 Å². The summed E-state index contributed by atoms with van der Waals surface area (Å²) in [7, 11) is 0. The first-order valence-corrected chi connectivity index (χ1v) is 7.75. The quantitative estimate of drug-likeness (QED) is 0.784. The fourth-order valence-electron chi connectivity index (χ4n) is 3.99. The van der Waals surface area contributed by atoms with E-state index in [1.807, 2.05) is 0 Å². The van der Waals surface area contributed by atoms with Gasteiger partial charge in [0.05, 0.1) is 6.61 Å². The Balaban J connectivity index is 1.41. The molecule has 3 unspecified atom stereocenters. The molecular formula is C15H25NO2. The van der Waals surface area contributed by atoms with Crippen LogP contribution in [-0.2, 0) is 9.53 Å². The Bertz CT molecular complexity index is 287. The van der Waals surface area contributed by atoms with Gasteiger partial charge < -0.3 is 10.1 Å². The highest BCUT2D eigenvalue weighted by molar-refractivity contribution is 5.76. The minimum absolute atomic E-state index is 0.00923. The summed E-state index contributed by atoms with van der Waals surface area (Å²) < 4.78 is 5.53. The molecule has 0 spiro atoms. The molecular weight excluding hydrogens is 226 g/mol. The van der Waals surface area contributed by atoms with Crippen molar-refractivity contribution in [1.82, 2.24) is 5.32 Å². The van der Waals surface area contributed by atoms with Crippen LogP contribution in [0.25, 0.3) is 0 Å². The Kier molecular flexibility index (Phi) is 3.88. The summed E-state index contributed by atoms with van der Waals surface area (Å²) >= 11 is 0. The maximum atomic E-state index is 12.0. The first-order chi connectivity index (χ1) is 8.83. The van der Waals surface area contributed by atoms with Gasteiger partial charge in [-0.3, -0.25) is 4.79 Å². The van der Waals surface area contributed by atoms with Crippen LogP contribution in [0.2, 0.25) is 0 Å². The van der Waals surface area contributed by atoms with E-state index in [9.17, 15) is 4.79 Å². The average Bonchev–Trinajstić information content (AvgIpc) is 2.98. The summed E-state index contributed by atoms with van der Waals surface area (Å²) in [6, 6.07) is 0.584. The molecule has 3 heteroatoms. The van der Waals surface area contributed by atoms with Crippen LogP contribution in [0.1, 0.15) is 57.8 Å². The van der Waals surface area contributed by atoms with E-state index in [0.717, 1.165) is 12.3 Å². The second kappa shape index (κ2) is 5.60. The van der Waals surface area contributed by atoms with Crippen LogP contribution in [0.5, 0.6) is 0 Å². The van der Waals surface area contributed by atoms with E-state index in [1.165, 1.54) is 51.4 Å². The van der Waals surface area contributed by atoms with Crippen LogP contribution in [0.15, 0.2) is 0 Å². The van der Waals surface area contributed by atoms with Crippen LogP contribution in [0, 0.1) is 11.8 Å². The monoisotopic (exact) mass is 251 g/mol. The number of rotatable bonds is 3. The normalized spacial score (nSPS) is 36.6. The van der Waals surface area contributed by atoms with Gasteiger partial charge in [0, 0.05) is 6.04 Å². The number of carbonyl (C=O) groups excluding carboxylic acids is 1. The van der Waals surface area contributed by atoms with Crippen LogP contribution in [0.4, 0.5) is 0 Å². The van der Waals surface area contributed by atoms with Crippen molar-refractivity contribution in [3.05, 3.63) is 0 Å². The third kappa shape index (κ3) is 2.71. The van der Waals surface area contributed by atoms with Crippen molar-refractivity contribution >= 4 is 5.97 Å². The van der Waals surface area contributed by atoms with Crippen molar-refractivity contribution in [2.75, 3.05) is 6.61 Å². The van der Waals surface area contributed by atoms with Crippen LogP contribution in [-0.4, -0.2) is 24.7 Å².